The van der Waals surface area contributed by atoms with Crippen molar-refractivity contribution in [2.45, 2.75) is 0 Å². The van der Waals surface area contributed by atoms with Gasteiger partial charge in [0, 0.05) is 19.4 Å². The third kappa shape index (κ3) is 0.407. The molecule has 6 heavy (non-hydrogen) atoms. The molecule has 1 heterocycles. The molecule has 0 fully saturated rings. The summed E-state index contributed by atoms with van der Waals surface area (Å²) in [6.45, 7) is 0. The Balaban J connectivity index is 3.12. The van der Waals surface area contributed by atoms with E-state index in [0.29, 0.717) is 6.30 Å². The fourth-order valence-electron chi connectivity index (χ4n) is 0.291. The number of nitrogens with zero attached hydrogens (tertiary/aromatic N) is 2. The van der Waals surface area contributed by atoms with Crippen molar-refractivity contribution in [1.29, 1.82) is 0 Å². The Labute approximate surface area is 37.8 Å². The van der Waals surface area contributed by atoms with E-state index in [9.17, 15) is 0 Å². The molecule has 1 rings (SSSR count). The van der Waals surface area contributed by atoms with E-state index in [0.717, 1.165) is 0 Å². The molecule has 2 heteroatoms. The number of rotatable bonds is 0. The zero-order valence-electron chi connectivity index (χ0n) is 4.55. The lowest BCUT2D eigenvalue weighted by Crippen LogP contribution is -1.76. The first-order valence-corrected chi connectivity index (χ1v) is 1.74. The van der Waals surface area contributed by atoms with Gasteiger partial charge < -0.3 is 4.57 Å². The Morgan fingerprint density at radius 2 is 2.83 bits per heavy atom. The maximum Gasteiger partial charge on any atom is 0.104 e. The van der Waals surface area contributed by atoms with Crippen LogP contribution in [0, 0.1) is 0 Å². The highest BCUT2D eigenvalue weighted by molar-refractivity contribution is 4.70. The SMILES string of the molecule is [2H]c1nccn1C. The van der Waals surface area contributed by atoms with Crippen LogP contribution in [0.1, 0.15) is 1.37 Å². The number of aryl methyl sites for hydroxylation is 1. The molecule has 0 unspecified atom stereocenters. The largest absolute Gasteiger partial charge is 0.341 e. The molecular weight excluding hydrogens is 76.1 g/mol. The van der Waals surface area contributed by atoms with Crippen LogP contribution in [0.2, 0.25) is 0 Å². The van der Waals surface area contributed by atoms with E-state index in [1.165, 1.54) is 0 Å². The summed E-state index contributed by atoms with van der Waals surface area (Å²) >= 11 is 0. The summed E-state index contributed by atoms with van der Waals surface area (Å²) in [6, 6.07) is 0. The highest BCUT2D eigenvalue weighted by atomic mass is 15.0. The number of hydrogen-bond donors (Lipinski definition) is 0. The number of aromatic nitrogens is 2. The van der Waals surface area contributed by atoms with E-state index in [1.54, 1.807) is 24.0 Å². The molecule has 0 saturated carbocycles. The molecule has 0 bridgehead atoms. The summed E-state index contributed by atoms with van der Waals surface area (Å²) in [6.07, 6.45) is 3.64. The van der Waals surface area contributed by atoms with E-state index in [2.05, 4.69) is 4.98 Å². The quantitative estimate of drug-likeness (QED) is 0.444. The maximum absolute atomic E-state index is 6.95. The molecule has 0 saturated heterocycles. The van der Waals surface area contributed by atoms with Crippen molar-refractivity contribution in [3.8, 4) is 0 Å². The van der Waals surface area contributed by atoms with Crippen molar-refractivity contribution in [1.82, 2.24) is 9.55 Å². The molecule has 0 N–H and O–H groups in total. The van der Waals surface area contributed by atoms with Crippen molar-refractivity contribution < 1.29 is 1.37 Å². The van der Waals surface area contributed by atoms with E-state index in [-0.39, 0.29) is 0 Å². The van der Waals surface area contributed by atoms with E-state index in [1.807, 2.05) is 0 Å². The lowest BCUT2D eigenvalue weighted by Gasteiger charge is -1.76. The summed E-state index contributed by atoms with van der Waals surface area (Å²) < 4.78 is 8.59. The molecule has 2 nitrogen and oxygen atoms in total. The lowest BCUT2D eigenvalue weighted by atomic mass is 10.9. The molecule has 0 aliphatic carbocycles. The molecule has 0 atom stereocenters. The maximum atomic E-state index is 6.95. The van der Waals surface area contributed by atoms with Gasteiger partial charge >= 0.3 is 0 Å². The molecule has 1 aromatic heterocycles. The van der Waals surface area contributed by atoms with Crippen LogP contribution in [0.4, 0.5) is 0 Å². The Bertz CT molecular complexity index is 142. The first kappa shape index (κ1) is 2.39. The van der Waals surface area contributed by atoms with Crippen molar-refractivity contribution in [2.24, 2.45) is 7.05 Å². The minimum Gasteiger partial charge on any atom is -0.341 e. The average molecular weight is 83.1 g/mol. The van der Waals surface area contributed by atoms with Crippen LogP contribution >= 0.6 is 0 Å². The molecule has 0 aliphatic rings. The molecule has 0 aliphatic heterocycles. The molecule has 0 spiro atoms. The van der Waals surface area contributed by atoms with E-state index < -0.39 is 0 Å². The molecule has 0 radical (unpaired) electrons. The predicted molar refractivity (Wildman–Crippen MR) is 23.2 cm³/mol. The van der Waals surface area contributed by atoms with Crippen molar-refractivity contribution in [2.75, 3.05) is 0 Å². The van der Waals surface area contributed by atoms with Crippen molar-refractivity contribution >= 4 is 0 Å². The second-order valence-corrected chi connectivity index (χ2v) is 1.14. The predicted octanol–water partition coefficient (Wildman–Crippen LogP) is 0.420. The van der Waals surface area contributed by atoms with Gasteiger partial charge in [-0.3, -0.25) is 0 Å². The van der Waals surface area contributed by atoms with Gasteiger partial charge in [0.25, 0.3) is 0 Å². The summed E-state index contributed by atoms with van der Waals surface area (Å²) in [5.41, 5.74) is 0. The standard InChI is InChI=1S/C4H6N2/c1-6-3-2-5-4-6/h2-4H,1H3/i4D. The fraction of sp³-hybridized carbons (Fsp3) is 0.250. The molecule has 0 amide bonds. The van der Waals surface area contributed by atoms with Gasteiger partial charge in [0.15, 0.2) is 0 Å². The summed E-state index contributed by atoms with van der Waals surface area (Å²) in [7, 11) is 1.79. The monoisotopic (exact) mass is 83.1 g/mol. The van der Waals surface area contributed by atoms with Crippen molar-refractivity contribution in [3.63, 3.8) is 0 Å². The smallest absolute Gasteiger partial charge is 0.104 e. The second kappa shape index (κ2) is 1.12. The fourth-order valence-corrected chi connectivity index (χ4v) is 0.291. The van der Waals surface area contributed by atoms with Crippen molar-refractivity contribution in [3.05, 3.63) is 18.7 Å². The minimum absolute atomic E-state index is 0.306. The van der Waals surface area contributed by atoms with Crippen LogP contribution < -0.4 is 0 Å². The third-order valence-electron chi connectivity index (χ3n) is 0.580. The summed E-state index contributed by atoms with van der Waals surface area (Å²) in [5, 5.41) is 0. The van der Waals surface area contributed by atoms with Gasteiger partial charge in [-0.1, -0.05) is 0 Å². The first-order valence-electron chi connectivity index (χ1n) is 2.24. The van der Waals surface area contributed by atoms with Gasteiger partial charge in [-0.15, -0.1) is 0 Å². The topological polar surface area (TPSA) is 17.8 Å². The lowest BCUT2D eigenvalue weighted by molar-refractivity contribution is 0.913. The van der Waals surface area contributed by atoms with Gasteiger partial charge in [-0.25, -0.2) is 4.98 Å². The van der Waals surface area contributed by atoms with Gasteiger partial charge in [0.05, 0.1) is 6.30 Å². The summed E-state index contributed by atoms with van der Waals surface area (Å²) in [5.74, 6) is 0. The Kier molecular flexibility index (Phi) is 0.449. The Hall–Kier alpha value is -0.790. The molecule has 32 valence electrons. The van der Waals surface area contributed by atoms with Crippen LogP contribution in [-0.4, -0.2) is 9.55 Å². The third-order valence-corrected chi connectivity index (χ3v) is 0.580. The van der Waals surface area contributed by atoms with Gasteiger partial charge in [0.2, 0.25) is 0 Å². The second-order valence-electron chi connectivity index (χ2n) is 1.14. The zero-order chi connectivity index (χ0) is 5.28. The number of hydrogen-bond acceptors (Lipinski definition) is 1. The minimum atomic E-state index is 0.306. The van der Waals surface area contributed by atoms with E-state index in [4.69, 9.17) is 1.37 Å². The van der Waals surface area contributed by atoms with Crippen LogP contribution in [0.5, 0.6) is 0 Å². The highest BCUT2D eigenvalue weighted by Crippen LogP contribution is 1.73. The van der Waals surface area contributed by atoms with Gasteiger partial charge in [0.1, 0.15) is 1.37 Å². The van der Waals surface area contributed by atoms with Gasteiger partial charge in [-0.05, 0) is 0 Å². The highest BCUT2D eigenvalue weighted by Gasteiger charge is 1.69. The van der Waals surface area contributed by atoms with Crippen LogP contribution in [0.15, 0.2) is 18.7 Å². The van der Waals surface area contributed by atoms with Crippen LogP contribution in [-0.2, 0) is 7.05 Å². The summed E-state index contributed by atoms with van der Waals surface area (Å²) in [4.78, 5) is 3.65. The Morgan fingerprint density at radius 3 is 3.00 bits per heavy atom. The molecule has 0 aromatic carbocycles. The average Bonchev–Trinajstić information content (AvgIpc) is 1.91. The molecular formula is C4H6N2. The van der Waals surface area contributed by atoms with Gasteiger partial charge in [-0.2, -0.15) is 0 Å². The molecule has 1 aromatic rings. The Morgan fingerprint density at radius 1 is 2.00 bits per heavy atom. The normalized spacial score (nSPS) is 11.2. The van der Waals surface area contributed by atoms with Crippen LogP contribution in [0.25, 0.3) is 0 Å². The first-order chi connectivity index (χ1) is 3.30. The number of imidazole rings is 1. The van der Waals surface area contributed by atoms with Crippen LogP contribution in [0.3, 0.4) is 0 Å². The zero-order valence-corrected chi connectivity index (χ0v) is 3.55. The van der Waals surface area contributed by atoms with E-state index >= 15 is 0 Å².